The average Bonchev–Trinajstić information content (AvgIpc) is 3.17. The van der Waals surface area contributed by atoms with E-state index >= 15 is 0 Å². The molecule has 2 aromatic carbocycles. The van der Waals surface area contributed by atoms with Crippen LogP contribution < -0.4 is 4.90 Å². The van der Waals surface area contributed by atoms with Gasteiger partial charge in [-0.3, -0.25) is 4.90 Å². The Morgan fingerprint density at radius 1 is 1.00 bits per heavy atom. The molecule has 0 bridgehead atoms. The van der Waals surface area contributed by atoms with Crippen molar-refractivity contribution in [3.63, 3.8) is 0 Å². The quantitative estimate of drug-likeness (QED) is 0.568. The Morgan fingerprint density at radius 3 is 2.44 bits per heavy atom. The molecule has 0 N–H and O–H groups in total. The maximum Gasteiger partial charge on any atom is 0.127 e. The van der Waals surface area contributed by atoms with Gasteiger partial charge in [0.15, 0.2) is 0 Å². The highest BCUT2D eigenvalue weighted by atomic mass is 19.1. The van der Waals surface area contributed by atoms with Crippen LogP contribution in [0.25, 0.3) is 0 Å². The third kappa shape index (κ3) is 5.66. The summed E-state index contributed by atoms with van der Waals surface area (Å²) in [5.74, 6) is -0.139. The first-order valence-corrected chi connectivity index (χ1v) is 9.29. The standard InChI is InChI=1S/C22H27FN4/c1-25(2)21-10-8-19(9-11-21)16-27(14-5-13-26-15-12-24-18-26)17-20-6-3-4-7-22(20)23/h3-4,6-12,15,18H,5,13-14,16-17H2,1-2H3. The van der Waals surface area contributed by atoms with Crippen molar-refractivity contribution in [2.24, 2.45) is 0 Å². The van der Waals surface area contributed by atoms with Gasteiger partial charge >= 0.3 is 0 Å². The van der Waals surface area contributed by atoms with E-state index in [-0.39, 0.29) is 5.82 Å². The van der Waals surface area contributed by atoms with Crippen LogP contribution in [-0.4, -0.2) is 35.1 Å². The lowest BCUT2D eigenvalue weighted by Gasteiger charge is -2.23. The second kappa shape index (κ2) is 9.33. The van der Waals surface area contributed by atoms with Crippen LogP contribution in [0.5, 0.6) is 0 Å². The van der Waals surface area contributed by atoms with Gasteiger partial charge in [-0.05, 0) is 30.2 Å². The molecule has 0 saturated heterocycles. The minimum absolute atomic E-state index is 0.139. The van der Waals surface area contributed by atoms with Gasteiger partial charge in [0, 0.05) is 63.9 Å². The van der Waals surface area contributed by atoms with E-state index in [1.807, 2.05) is 38.8 Å². The zero-order valence-corrected chi connectivity index (χ0v) is 16.1. The minimum Gasteiger partial charge on any atom is -0.378 e. The maximum absolute atomic E-state index is 14.1. The predicted molar refractivity (Wildman–Crippen MR) is 108 cm³/mol. The van der Waals surface area contributed by atoms with Crippen LogP contribution in [0.3, 0.4) is 0 Å². The smallest absolute Gasteiger partial charge is 0.127 e. The molecule has 0 saturated carbocycles. The zero-order valence-electron chi connectivity index (χ0n) is 16.1. The van der Waals surface area contributed by atoms with Crippen LogP contribution in [0.4, 0.5) is 10.1 Å². The molecule has 1 heterocycles. The van der Waals surface area contributed by atoms with E-state index in [0.717, 1.165) is 31.6 Å². The lowest BCUT2D eigenvalue weighted by molar-refractivity contribution is 0.245. The van der Waals surface area contributed by atoms with Crippen molar-refractivity contribution in [1.29, 1.82) is 0 Å². The van der Waals surface area contributed by atoms with Crippen LogP contribution >= 0.6 is 0 Å². The molecule has 0 aliphatic rings. The number of benzene rings is 2. The van der Waals surface area contributed by atoms with Crippen molar-refractivity contribution in [2.45, 2.75) is 26.1 Å². The van der Waals surface area contributed by atoms with Crippen molar-refractivity contribution < 1.29 is 4.39 Å². The summed E-state index contributed by atoms with van der Waals surface area (Å²) in [6.45, 7) is 3.20. The molecule has 0 radical (unpaired) electrons. The zero-order chi connectivity index (χ0) is 19.1. The van der Waals surface area contributed by atoms with Crippen molar-refractivity contribution >= 4 is 5.69 Å². The molecule has 0 atom stereocenters. The van der Waals surface area contributed by atoms with Crippen molar-refractivity contribution in [2.75, 3.05) is 25.5 Å². The molecule has 142 valence electrons. The van der Waals surface area contributed by atoms with Gasteiger partial charge in [-0.2, -0.15) is 0 Å². The highest BCUT2D eigenvalue weighted by Gasteiger charge is 2.10. The predicted octanol–water partition coefficient (Wildman–Crippen LogP) is 4.18. The number of nitrogens with zero attached hydrogens (tertiary/aromatic N) is 4. The first-order chi connectivity index (χ1) is 13.1. The van der Waals surface area contributed by atoms with Gasteiger partial charge in [0.25, 0.3) is 0 Å². The van der Waals surface area contributed by atoms with Gasteiger partial charge in [-0.25, -0.2) is 9.37 Å². The third-order valence-corrected chi connectivity index (χ3v) is 4.66. The minimum atomic E-state index is -0.139. The highest BCUT2D eigenvalue weighted by molar-refractivity contribution is 5.45. The molecule has 3 rings (SSSR count). The first kappa shape index (κ1) is 19.1. The van der Waals surface area contributed by atoms with Crippen molar-refractivity contribution in [3.8, 4) is 0 Å². The van der Waals surface area contributed by atoms with E-state index < -0.39 is 0 Å². The number of imidazole rings is 1. The Bertz CT molecular complexity index is 813. The fraction of sp³-hybridized carbons (Fsp3) is 0.318. The number of hydrogen-bond donors (Lipinski definition) is 0. The van der Waals surface area contributed by atoms with E-state index in [4.69, 9.17) is 0 Å². The summed E-state index contributed by atoms with van der Waals surface area (Å²) >= 11 is 0. The van der Waals surface area contributed by atoms with E-state index in [1.54, 1.807) is 12.3 Å². The van der Waals surface area contributed by atoms with Gasteiger partial charge in [0.2, 0.25) is 0 Å². The average molecular weight is 366 g/mol. The van der Waals surface area contributed by atoms with E-state index in [1.165, 1.54) is 17.3 Å². The van der Waals surface area contributed by atoms with E-state index in [2.05, 4.69) is 43.6 Å². The Hall–Kier alpha value is -2.66. The fourth-order valence-electron chi connectivity index (χ4n) is 3.14. The summed E-state index contributed by atoms with van der Waals surface area (Å²) in [4.78, 5) is 8.48. The molecule has 0 spiro atoms. The summed E-state index contributed by atoms with van der Waals surface area (Å²) < 4.78 is 16.2. The van der Waals surface area contributed by atoms with Crippen LogP contribution in [0.2, 0.25) is 0 Å². The third-order valence-electron chi connectivity index (χ3n) is 4.66. The Balaban J connectivity index is 1.67. The SMILES string of the molecule is CN(C)c1ccc(CN(CCCn2ccnc2)Cc2ccccc2F)cc1. The second-order valence-corrected chi connectivity index (χ2v) is 7.02. The molecular formula is C22H27FN4. The summed E-state index contributed by atoms with van der Waals surface area (Å²) in [5.41, 5.74) is 3.16. The van der Waals surface area contributed by atoms with Crippen LogP contribution in [0, 0.1) is 5.82 Å². The highest BCUT2D eigenvalue weighted by Crippen LogP contribution is 2.17. The van der Waals surface area contributed by atoms with Gasteiger partial charge in [0.05, 0.1) is 6.33 Å². The molecule has 0 fully saturated rings. The Kier molecular flexibility index (Phi) is 6.60. The fourth-order valence-corrected chi connectivity index (χ4v) is 3.14. The lowest BCUT2D eigenvalue weighted by Crippen LogP contribution is -2.25. The number of anilines is 1. The van der Waals surface area contributed by atoms with E-state index in [9.17, 15) is 4.39 Å². The van der Waals surface area contributed by atoms with Crippen LogP contribution in [-0.2, 0) is 19.6 Å². The van der Waals surface area contributed by atoms with Crippen molar-refractivity contribution in [3.05, 3.63) is 84.2 Å². The molecule has 1 aromatic heterocycles. The Morgan fingerprint density at radius 2 is 1.78 bits per heavy atom. The largest absolute Gasteiger partial charge is 0.378 e. The van der Waals surface area contributed by atoms with E-state index in [0.29, 0.717) is 6.54 Å². The number of aryl methyl sites for hydroxylation is 1. The summed E-state index contributed by atoms with van der Waals surface area (Å²) in [6.07, 6.45) is 6.59. The van der Waals surface area contributed by atoms with Gasteiger partial charge in [0.1, 0.15) is 5.82 Å². The molecule has 0 amide bonds. The molecule has 0 aliphatic heterocycles. The lowest BCUT2D eigenvalue weighted by atomic mass is 10.1. The first-order valence-electron chi connectivity index (χ1n) is 9.29. The maximum atomic E-state index is 14.1. The topological polar surface area (TPSA) is 24.3 Å². The number of aromatic nitrogens is 2. The molecule has 4 nitrogen and oxygen atoms in total. The summed E-state index contributed by atoms with van der Waals surface area (Å²) in [5, 5.41) is 0. The number of halogens is 1. The number of hydrogen-bond acceptors (Lipinski definition) is 3. The molecule has 3 aromatic rings. The van der Waals surface area contributed by atoms with Crippen LogP contribution in [0.15, 0.2) is 67.3 Å². The normalized spacial score (nSPS) is 11.1. The van der Waals surface area contributed by atoms with Gasteiger partial charge in [-0.15, -0.1) is 0 Å². The number of rotatable bonds is 9. The summed E-state index contributed by atoms with van der Waals surface area (Å²) in [7, 11) is 4.07. The molecular weight excluding hydrogens is 339 g/mol. The molecule has 5 heteroatoms. The molecule has 27 heavy (non-hydrogen) atoms. The van der Waals surface area contributed by atoms with Gasteiger partial charge in [-0.1, -0.05) is 30.3 Å². The monoisotopic (exact) mass is 366 g/mol. The van der Waals surface area contributed by atoms with Gasteiger partial charge < -0.3 is 9.47 Å². The summed E-state index contributed by atoms with van der Waals surface area (Å²) in [6, 6.07) is 15.6. The Labute approximate surface area is 160 Å². The van der Waals surface area contributed by atoms with Crippen LogP contribution in [0.1, 0.15) is 17.5 Å². The van der Waals surface area contributed by atoms with Crippen molar-refractivity contribution in [1.82, 2.24) is 14.5 Å². The second-order valence-electron chi connectivity index (χ2n) is 7.02. The molecule has 0 aliphatic carbocycles. The molecule has 0 unspecified atom stereocenters.